The number of carbonyl (C=O) groups is 1. The van der Waals surface area contributed by atoms with Gasteiger partial charge in [0.2, 0.25) is 0 Å². The SMILES string of the molecule is CCc1c(-c2cnc3cc(C)ccn23)ccc(Nc2ccc([C@@]3(C)CCOC3)c(CN)n2)c1C(C)=O. The highest BCUT2D eigenvalue weighted by Crippen LogP contribution is 2.36. The van der Waals surface area contributed by atoms with Crippen LogP contribution >= 0.6 is 0 Å². The third-order valence-corrected chi connectivity index (χ3v) is 7.26. The maximum atomic E-state index is 12.9. The topological polar surface area (TPSA) is 94.5 Å². The molecule has 7 heteroatoms. The Morgan fingerprint density at radius 3 is 2.78 bits per heavy atom. The Bertz CT molecular complexity index is 1450. The zero-order valence-electron chi connectivity index (χ0n) is 21.4. The second-order valence-corrected chi connectivity index (χ2v) is 9.88. The number of Topliss-reactive ketones (excluding diaryl/α,β-unsaturated/α-hetero) is 1. The standard InChI is InChI=1S/C29H33N5O2/c1-5-20-21(25-16-31-27-14-18(2)10-12-34(25)27)6-8-23(28(20)19(3)35)32-26-9-7-22(24(15-30)33-26)29(4)11-13-36-17-29/h6-10,12,14,16H,5,11,13,15,17,30H2,1-4H3,(H,32,33)/t29-/m0/s1. The van der Waals surface area contributed by atoms with Gasteiger partial charge in [-0.1, -0.05) is 26.0 Å². The summed E-state index contributed by atoms with van der Waals surface area (Å²) in [6, 6.07) is 12.2. The molecule has 36 heavy (non-hydrogen) atoms. The van der Waals surface area contributed by atoms with Crippen LogP contribution in [-0.4, -0.2) is 33.4 Å². The van der Waals surface area contributed by atoms with Crippen LogP contribution in [0.1, 0.15) is 59.9 Å². The highest BCUT2D eigenvalue weighted by Gasteiger charge is 2.34. The lowest BCUT2D eigenvalue weighted by Crippen LogP contribution is -2.25. The van der Waals surface area contributed by atoms with Crippen molar-refractivity contribution in [2.75, 3.05) is 18.5 Å². The fourth-order valence-electron chi connectivity index (χ4n) is 5.34. The van der Waals surface area contributed by atoms with Gasteiger partial charge in [0.05, 0.1) is 29.9 Å². The van der Waals surface area contributed by atoms with Crippen LogP contribution in [0.2, 0.25) is 0 Å². The number of fused-ring (bicyclic) bond motifs is 1. The molecule has 1 saturated heterocycles. The third-order valence-electron chi connectivity index (χ3n) is 7.26. The number of rotatable bonds is 7. The molecule has 1 aliphatic heterocycles. The molecule has 1 fully saturated rings. The Labute approximate surface area is 211 Å². The van der Waals surface area contributed by atoms with Crippen molar-refractivity contribution in [2.45, 2.75) is 52.5 Å². The van der Waals surface area contributed by atoms with Crippen LogP contribution in [0, 0.1) is 6.92 Å². The van der Waals surface area contributed by atoms with Gasteiger partial charge in [-0.25, -0.2) is 9.97 Å². The number of hydrogen-bond donors (Lipinski definition) is 2. The van der Waals surface area contributed by atoms with Crippen molar-refractivity contribution in [2.24, 2.45) is 5.73 Å². The molecule has 1 aliphatic rings. The van der Waals surface area contributed by atoms with Crippen molar-refractivity contribution in [1.82, 2.24) is 14.4 Å². The van der Waals surface area contributed by atoms with E-state index in [1.165, 1.54) is 0 Å². The molecule has 1 aromatic carbocycles. The Kier molecular flexibility index (Phi) is 6.36. The number of nitrogens with one attached hydrogen (secondary N) is 1. The smallest absolute Gasteiger partial charge is 0.162 e. The Morgan fingerprint density at radius 2 is 2.08 bits per heavy atom. The van der Waals surface area contributed by atoms with Gasteiger partial charge in [0, 0.05) is 35.9 Å². The van der Waals surface area contributed by atoms with E-state index in [0.29, 0.717) is 31.0 Å². The largest absolute Gasteiger partial charge is 0.380 e. The van der Waals surface area contributed by atoms with Crippen molar-refractivity contribution in [3.8, 4) is 11.3 Å². The van der Waals surface area contributed by atoms with E-state index < -0.39 is 0 Å². The van der Waals surface area contributed by atoms with Gasteiger partial charge in [-0.2, -0.15) is 0 Å². The molecule has 0 radical (unpaired) electrons. The van der Waals surface area contributed by atoms with E-state index in [4.69, 9.17) is 15.5 Å². The first-order chi connectivity index (χ1) is 17.3. The number of ketones is 1. The third kappa shape index (κ3) is 4.18. The number of benzene rings is 1. The summed E-state index contributed by atoms with van der Waals surface area (Å²) in [5.74, 6) is 0.677. The number of nitrogens with two attached hydrogens (primary N) is 1. The Hall–Kier alpha value is -3.55. The van der Waals surface area contributed by atoms with E-state index in [1.54, 1.807) is 6.92 Å². The van der Waals surface area contributed by atoms with Gasteiger partial charge in [0.25, 0.3) is 0 Å². The molecule has 3 aromatic heterocycles. The van der Waals surface area contributed by atoms with Gasteiger partial charge in [-0.15, -0.1) is 0 Å². The monoisotopic (exact) mass is 483 g/mol. The number of nitrogens with zero attached hydrogens (tertiary/aromatic N) is 3. The number of pyridine rings is 2. The molecule has 0 spiro atoms. The van der Waals surface area contributed by atoms with Crippen molar-refractivity contribution < 1.29 is 9.53 Å². The van der Waals surface area contributed by atoms with Gasteiger partial charge in [-0.05, 0) is 67.6 Å². The minimum atomic E-state index is -0.0750. The highest BCUT2D eigenvalue weighted by molar-refractivity contribution is 6.03. The first kappa shape index (κ1) is 24.2. The molecule has 0 amide bonds. The average Bonchev–Trinajstić information content (AvgIpc) is 3.49. The summed E-state index contributed by atoms with van der Waals surface area (Å²) >= 11 is 0. The number of imidazole rings is 1. The van der Waals surface area contributed by atoms with Gasteiger partial charge in [0.1, 0.15) is 11.5 Å². The van der Waals surface area contributed by atoms with Crippen LogP contribution in [-0.2, 0) is 23.1 Å². The number of anilines is 2. The molecule has 186 valence electrons. The molecular weight excluding hydrogens is 450 g/mol. The quantitative estimate of drug-likeness (QED) is 0.344. The van der Waals surface area contributed by atoms with E-state index >= 15 is 0 Å². The van der Waals surface area contributed by atoms with Crippen LogP contribution in [0.3, 0.4) is 0 Å². The molecule has 0 unspecified atom stereocenters. The van der Waals surface area contributed by atoms with Gasteiger partial charge >= 0.3 is 0 Å². The Morgan fingerprint density at radius 1 is 1.25 bits per heavy atom. The fourth-order valence-corrected chi connectivity index (χ4v) is 5.34. The second-order valence-electron chi connectivity index (χ2n) is 9.88. The predicted molar refractivity (Wildman–Crippen MR) is 143 cm³/mol. The molecule has 3 N–H and O–H groups in total. The first-order valence-electron chi connectivity index (χ1n) is 12.5. The predicted octanol–water partition coefficient (Wildman–Crippen LogP) is 5.35. The second kappa shape index (κ2) is 9.48. The first-order valence-corrected chi connectivity index (χ1v) is 12.5. The summed E-state index contributed by atoms with van der Waals surface area (Å²) < 4.78 is 7.72. The van der Waals surface area contributed by atoms with Gasteiger partial charge in [0.15, 0.2) is 5.78 Å². The minimum Gasteiger partial charge on any atom is -0.380 e. The maximum absolute atomic E-state index is 12.9. The fraction of sp³-hybridized carbons (Fsp3) is 0.345. The van der Waals surface area contributed by atoms with E-state index in [9.17, 15) is 4.79 Å². The Balaban J connectivity index is 1.56. The van der Waals surface area contributed by atoms with Gasteiger partial charge < -0.3 is 15.8 Å². The molecule has 1 atom stereocenters. The van der Waals surface area contributed by atoms with E-state index in [0.717, 1.165) is 58.0 Å². The summed E-state index contributed by atoms with van der Waals surface area (Å²) in [5, 5.41) is 3.41. The van der Waals surface area contributed by atoms with Crippen LogP contribution in [0.5, 0.6) is 0 Å². The summed E-state index contributed by atoms with van der Waals surface area (Å²) in [5.41, 5.74) is 14.4. The molecule has 4 aromatic rings. The molecular formula is C29H33N5O2. The molecule has 4 heterocycles. The highest BCUT2D eigenvalue weighted by atomic mass is 16.5. The van der Waals surface area contributed by atoms with Crippen LogP contribution in [0.4, 0.5) is 11.5 Å². The van der Waals surface area contributed by atoms with Crippen molar-refractivity contribution in [3.63, 3.8) is 0 Å². The number of ether oxygens (including phenoxy) is 1. The lowest BCUT2D eigenvalue weighted by atomic mass is 9.81. The zero-order valence-corrected chi connectivity index (χ0v) is 21.4. The van der Waals surface area contributed by atoms with E-state index in [2.05, 4.69) is 59.7 Å². The van der Waals surface area contributed by atoms with Crippen molar-refractivity contribution in [1.29, 1.82) is 0 Å². The van der Waals surface area contributed by atoms with Crippen molar-refractivity contribution >= 4 is 22.9 Å². The van der Waals surface area contributed by atoms with E-state index in [-0.39, 0.29) is 11.2 Å². The summed E-state index contributed by atoms with van der Waals surface area (Å²) in [4.78, 5) is 22.4. The lowest BCUT2D eigenvalue weighted by Gasteiger charge is -2.25. The molecule has 5 rings (SSSR count). The van der Waals surface area contributed by atoms with Crippen LogP contribution < -0.4 is 11.1 Å². The van der Waals surface area contributed by atoms with Gasteiger partial charge in [-0.3, -0.25) is 9.20 Å². The van der Waals surface area contributed by atoms with Crippen molar-refractivity contribution in [3.05, 3.63) is 76.7 Å². The average molecular weight is 484 g/mol. The number of aryl methyl sites for hydroxylation is 1. The zero-order chi connectivity index (χ0) is 25.4. The molecule has 0 saturated carbocycles. The number of carbonyl (C=O) groups excluding carboxylic acids is 1. The summed E-state index contributed by atoms with van der Waals surface area (Å²) in [7, 11) is 0. The minimum absolute atomic E-state index is 0.00662. The van der Waals surface area contributed by atoms with Crippen LogP contribution in [0.15, 0.2) is 48.8 Å². The normalized spacial score (nSPS) is 17.6. The molecule has 0 aliphatic carbocycles. The summed E-state index contributed by atoms with van der Waals surface area (Å²) in [6.07, 6.45) is 5.56. The lowest BCUT2D eigenvalue weighted by molar-refractivity contribution is 0.101. The number of hydrogen-bond acceptors (Lipinski definition) is 6. The maximum Gasteiger partial charge on any atom is 0.162 e. The van der Waals surface area contributed by atoms with E-state index in [1.807, 2.05) is 24.5 Å². The van der Waals surface area contributed by atoms with Crippen LogP contribution in [0.25, 0.3) is 16.9 Å². The molecule has 0 bridgehead atoms. The number of aromatic nitrogens is 3. The summed E-state index contributed by atoms with van der Waals surface area (Å²) in [6.45, 7) is 9.71. The molecule has 7 nitrogen and oxygen atoms in total.